The van der Waals surface area contributed by atoms with Gasteiger partial charge in [0.05, 0.1) is 12.7 Å². The number of methoxy groups -OCH3 is 1. The molecule has 2 aromatic carbocycles. The van der Waals surface area contributed by atoms with Gasteiger partial charge in [-0.2, -0.15) is 0 Å². The van der Waals surface area contributed by atoms with Crippen molar-refractivity contribution in [3.8, 4) is 0 Å². The molecule has 0 aromatic heterocycles. The van der Waals surface area contributed by atoms with Gasteiger partial charge in [0, 0.05) is 29.9 Å². The van der Waals surface area contributed by atoms with Crippen molar-refractivity contribution in [3.63, 3.8) is 0 Å². The molecule has 0 saturated carbocycles. The summed E-state index contributed by atoms with van der Waals surface area (Å²) in [4.78, 5) is 27.9. The molecule has 128 valence electrons. The summed E-state index contributed by atoms with van der Waals surface area (Å²) in [7, 11) is 1.43. The summed E-state index contributed by atoms with van der Waals surface area (Å²) in [6.07, 6.45) is 0. The van der Waals surface area contributed by atoms with E-state index >= 15 is 0 Å². The molecule has 0 aliphatic heterocycles. The molecule has 0 radical (unpaired) electrons. The Morgan fingerprint density at radius 3 is 1.92 bits per heavy atom. The third-order valence-electron chi connectivity index (χ3n) is 4.57. The minimum absolute atomic E-state index is 0.110. The second-order valence-electron chi connectivity index (χ2n) is 5.83. The molecular weight excluding hydrogens is 314 g/mol. The molecule has 0 spiro atoms. The molecule has 0 bridgehead atoms. The number of carbonyl (C=O) groups is 2. The summed E-state index contributed by atoms with van der Waals surface area (Å²) in [6, 6.07) is 14.6. The number of nitrogens with zero attached hydrogens (tertiary/aromatic N) is 1. The van der Waals surface area contributed by atoms with Gasteiger partial charge in [0.2, 0.25) is 5.78 Å². The van der Waals surface area contributed by atoms with Crippen LogP contribution in [-0.2, 0) is 4.74 Å². The molecule has 0 amide bonds. The summed E-state index contributed by atoms with van der Waals surface area (Å²) in [5, 5.41) is 0. The van der Waals surface area contributed by atoms with Crippen LogP contribution in [0, 0.1) is 0 Å². The fourth-order valence-electron chi connectivity index (χ4n) is 3.24. The maximum absolute atomic E-state index is 13.0. The van der Waals surface area contributed by atoms with Crippen molar-refractivity contribution in [2.45, 2.75) is 13.8 Å². The van der Waals surface area contributed by atoms with Crippen LogP contribution in [0.3, 0.4) is 0 Å². The van der Waals surface area contributed by atoms with E-state index in [1.54, 1.807) is 24.3 Å². The van der Waals surface area contributed by atoms with Crippen LogP contribution in [-0.4, -0.2) is 31.8 Å². The van der Waals surface area contributed by atoms with Gasteiger partial charge in [0.1, 0.15) is 0 Å². The largest absolute Gasteiger partial charge is 0.492 e. The Kier molecular flexibility index (Phi) is 4.70. The normalized spacial score (nSPS) is 13.7. The SMILES string of the molecule is CCN(CC)c1ccc(C2=C(OC)C(=O)c3ccccc3C2=O)cc1. The number of carbonyl (C=O) groups excluding carboxylic acids is 2. The first kappa shape index (κ1) is 17.0. The Morgan fingerprint density at radius 2 is 1.40 bits per heavy atom. The Morgan fingerprint density at radius 1 is 0.840 bits per heavy atom. The van der Waals surface area contributed by atoms with Crippen molar-refractivity contribution in [1.29, 1.82) is 0 Å². The van der Waals surface area contributed by atoms with Crippen molar-refractivity contribution in [3.05, 3.63) is 71.0 Å². The number of hydrogen-bond acceptors (Lipinski definition) is 4. The van der Waals surface area contributed by atoms with Gasteiger partial charge in [-0.05, 0) is 31.5 Å². The highest BCUT2D eigenvalue weighted by molar-refractivity contribution is 6.40. The molecule has 4 nitrogen and oxygen atoms in total. The number of benzene rings is 2. The van der Waals surface area contributed by atoms with Crippen molar-refractivity contribution >= 4 is 22.8 Å². The minimum atomic E-state index is -0.250. The Bertz CT molecular complexity index is 846. The van der Waals surface area contributed by atoms with Crippen LogP contribution in [0.15, 0.2) is 54.3 Å². The van der Waals surface area contributed by atoms with Crippen LogP contribution in [0.4, 0.5) is 5.69 Å². The lowest BCUT2D eigenvalue weighted by Gasteiger charge is -2.23. The number of Topliss-reactive ketones (excluding diaryl/α,β-unsaturated/α-hetero) is 2. The Labute approximate surface area is 147 Å². The maximum atomic E-state index is 13.0. The molecule has 0 heterocycles. The molecule has 1 aliphatic rings. The smallest absolute Gasteiger partial charge is 0.229 e. The molecule has 4 heteroatoms. The summed E-state index contributed by atoms with van der Waals surface area (Å²) in [6.45, 7) is 6.02. The van der Waals surface area contributed by atoms with Gasteiger partial charge in [-0.15, -0.1) is 0 Å². The van der Waals surface area contributed by atoms with Crippen LogP contribution >= 0.6 is 0 Å². The van der Waals surface area contributed by atoms with Crippen molar-refractivity contribution < 1.29 is 14.3 Å². The van der Waals surface area contributed by atoms with Gasteiger partial charge in [0.25, 0.3) is 0 Å². The van der Waals surface area contributed by atoms with Crippen LogP contribution in [0.1, 0.15) is 40.1 Å². The van der Waals surface area contributed by atoms with Gasteiger partial charge in [-0.3, -0.25) is 9.59 Å². The van der Waals surface area contributed by atoms with Gasteiger partial charge >= 0.3 is 0 Å². The van der Waals surface area contributed by atoms with E-state index in [-0.39, 0.29) is 17.3 Å². The molecule has 25 heavy (non-hydrogen) atoms. The van der Waals surface area contributed by atoms with Crippen LogP contribution in [0.25, 0.3) is 5.57 Å². The Hall–Kier alpha value is -2.88. The second kappa shape index (κ2) is 6.93. The predicted octanol–water partition coefficient (Wildman–Crippen LogP) is 3.97. The van der Waals surface area contributed by atoms with Gasteiger partial charge in [-0.1, -0.05) is 36.4 Å². The first-order valence-electron chi connectivity index (χ1n) is 8.44. The lowest BCUT2D eigenvalue weighted by molar-refractivity contribution is 0.0925. The van der Waals surface area contributed by atoms with Crippen LogP contribution < -0.4 is 4.90 Å². The topological polar surface area (TPSA) is 46.6 Å². The fourth-order valence-corrected chi connectivity index (χ4v) is 3.24. The zero-order valence-corrected chi connectivity index (χ0v) is 14.7. The van der Waals surface area contributed by atoms with E-state index in [1.807, 2.05) is 24.3 Å². The predicted molar refractivity (Wildman–Crippen MR) is 99.0 cm³/mol. The number of anilines is 1. The standard InChI is InChI=1S/C21H21NO3/c1-4-22(5-2)15-12-10-14(11-13-15)18-19(23)16-8-6-7-9-17(16)20(24)21(18)25-3/h6-13H,4-5H2,1-3H3. The van der Waals surface area contributed by atoms with Gasteiger partial charge < -0.3 is 9.64 Å². The van der Waals surface area contributed by atoms with E-state index in [2.05, 4.69) is 18.7 Å². The quantitative estimate of drug-likeness (QED) is 0.829. The minimum Gasteiger partial charge on any atom is -0.492 e. The zero-order valence-electron chi connectivity index (χ0n) is 14.7. The number of rotatable bonds is 5. The number of hydrogen-bond donors (Lipinski definition) is 0. The molecule has 1 aliphatic carbocycles. The monoisotopic (exact) mass is 335 g/mol. The average Bonchev–Trinajstić information content (AvgIpc) is 2.66. The summed E-state index contributed by atoms with van der Waals surface area (Å²) in [5.74, 6) is -0.317. The third kappa shape index (κ3) is 2.84. The highest BCUT2D eigenvalue weighted by Gasteiger charge is 2.33. The fraction of sp³-hybridized carbons (Fsp3) is 0.238. The number of allylic oxidation sites excluding steroid dienone is 2. The highest BCUT2D eigenvalue weighted by Crippen LogP contribution is 2.33. The summed E-state index contributed by atoms with van der Waals surface area (Å²) >= 11 is 0. The van der Waals surface area contributed by atoms with E-state index in [4.69, 9.17) is 4.74 Å². The highest BCUT2D eigenvalue weighted by atomic mass is 16.5. The van der Waals surface area contributed by atoms with E-state index in [0.29, 0.717) is 22.3 Å². The van der Waals surface area contributed by atoms with E-state index in [0.717, 1.165) is 18.8 Å². The Balaban J connectivity index is 2.09. The average molecular weight is 335 g/mol. The molecule has 0 N–H and O–H groups in total. The van der Waals surface area contributed by atoms with Crippen LogP contribution in [0.5, 0.6) is 0 Å². The zero-order chi connectivity index (χ0) is 18.0. The summed E-state index contributed by atoms with van der Waals surface area (Å²) < 4.78 is 5.32. The molecule has 0 saturated heterocycles. The molecule has 0 fully saturated rings. The summed E-state index contributed by atoms with van der Waals surface area (Å²) in [5.41, 5.74) is 2.94. The van der Waals surface area contributed by atoms with Crippen molar-refractivity contribution in [2.75, 3.05) is 25.1 Å². The molecule has 0 unspecified atom stereocenters. The van der Waals surface area contributed by atoms with Gasteiger partial charge in [-0.25, -0.2) is 0 Å². The maximum Gasteiger partial charge on any atom is 0.229 e. The second-order valence-corrected chi connectivity index (χ2v) is 5.83. The molecule has 3 rings (SSSR count). The molecular formula is C21H21NO3. The number of ketones is 2. The first-order chi connectivity index (χ1) is 12.1. The molecule has 0 atom stereocenters. The van der Waals surface area contributed by atoms with Gasteiger partial charge in [0.15, 0.2) is 11.5 Å². The third-order valence-corrected chi connectivity index (χ3v) is 4.57. The lowest BCUT2D eigenvalue weighted by atomic mass is 9.85. The first-order valence-corrected chi connectivity index (χ1v) is 8.44. The number of fused-ring (bicyclic) bond motifs is 1. The number of ether oxygens (including phenoxy) is 1. The molecule has 2 aromatic rings. The van der Waals surface area contributed by atoms with Crippen molar-refractivity contribution in [2.24, 2.45) is 0 Å². The van der Waals surface area contributed by atoms with E-state index in [1.165, 1.54) is 7.11 Å². The van der Waals surface area contributed by atoms with Crippen molar-refractivity contribution in [1.82, 2.24) is 0 Å². The van der Waals surface area contributed by atoms with Crippen LogP contribution in [0.2, 0.25) is 0 Å². The van der Waals surface area contributed by atoms with E-state index < -0.39 is 0 Å². The lowest BCUT2D eigenvalue weighted by Crippen LogP contribution is -2.23. The van der Waals surface area contributed by atoms with E-state index in [9.17, 15) is 9.59 Å².